The van der Waals surface area contributed by atoms with Crippen molar-refractivity contribution in [3.63, 3.8) is 0 Å². The van der Waals surface area contributed by atoms with Crippen LogP contribution in [0.2, 0.25) is 0 Å². The number of ketones is 2. The maximum atomic E-state index is 11.4. The van der Waals surface area contributed by atoms with Crippen molar-refractivity contribution in [1.29, 1.82) is 0 Å². The Kier molecular flexibility index (Phi) is 3.33. The highest BCUT2D eigenvalue weighted by molar-refractivity contribution is 6.07. The summed E-state index contributed by atoms with van der Waals surface area (Å²) in [5.41, 5.74) is 0. The summed E-state index contributed by atoms with van der Waals surface area (Å²) in [5, 5.41) is 0. The van der Waals surface area contributed by atoms with E-state index in [2.05, 4.69) is 6.58 Å². The maximum Gasteiger partial charge on any atom is 0.218 e. The first-order chi connectivity index (χ1) is 6.16. The van der Waals surface area contributed by atoms with E-state index in [1.165, 1.54) is 6.92 Å². The van der Waals surface area contributed by atoms with E-state index in [0.717, 1.165) is 6.08 Å². The van der Waals surface area contributed by atoms with Crippen LogP contribution in [0.15, 0.2) is 12.7 Å². The van der Waals surface area contributed by atoms with Gasteiger partial charge in [0.15, 0.2) is 11.6 Å². The Labute approximate surface area is 76.5 Å². The van der Waals surface area contributed by atoms with Gasteiger partial charge in [-0.2, -0.15) is 0 Å². The quantitative estimate of drug-likeness (QED) is 0.466. The molecular formula is C9H12O4. The maximum absolute atomic E-state index is 11.4. The molecule has 1 aliphatic heterocycles. The van der Waals surface area contributed by atoms with Crippen LogP contribution in [0.3, 0.4) is 0 Å². The number of hydrogen-bond donors (Lipinski definition) is 0. The van der Waals surface area contributed by atoms with Gasteiger partial charge in [-0.25, -0.2) is 0 Å². The molecule has 1 aliphatic rings. The van der Waals surface area contributed by atoms with Gasteiger partial charge in [-0.1, -0.05) is 6.58 Å². The minimum absolute atomic E-state index is 0.302. The fraction of sp³-hybridized carbons (Fsp3) is 0.556. The normalized spacial score (nSPS) is 19.8. The summed E-state index contributed by atoms with van der Waals surface area (Å²) in [6, 6.07) is 0. The first kappa shape index (κ1) is 10.1. The predicted octanol–water partition coefficient (Wildman–Crippen LogP) is 0.320. The van der Waals surface area contributed by atoms with Gasteiger partial charge >= 0.3 is 0 Å². The van der Waals surface area contributed by atoms with Crippen LogP contribution in [0.25, 0.3) is 0 Å². The lowest BCUT2D eigenvalue weighted by atomic mass is 10.0. The summed E-state index contributed by atoms with van der Waals surface area (Å²) in [6.07, 6.45) is 0.274. The topological polar surface area (TPSA) is 52.6 Å². The predicted molar refractivity (Wildman–Crippen MR) is 45.1 cm³/mol. The van der Waals surface area contributed by atoms with E-state index in [1.54, 1.807) is 0 Å². The van der Waals surface area contributed by atoms with Crippen LogP contribution in [-0.4, -0.2) is 31.1 Å². The summed E-state index contributed by atoms with van der Waals surface area (Å²) in [5.74, 6) is -1.35. The molecule has 0 aliphatic carbocycles. The fourth-order valence-electron chi connectivity index (χ4n) is 1.04. The number of rotatable bonds is 4. The summed E-state index contributed by atoms with van der Waals surface area (Å²) in [7, 11) is 0. The monoisotopic (exact) mass is 184 g/mol. The van der Waals surface area contributed by atoms with Crippen molar-refractivity contribution in [1.82, 2.24) is 0 Å². The molecule has 0 N–H and O–H groups in total. The first-order valence-electron chi connectivity index (χ1n) is 4.10. The number of carbonyl (C=O) groups is 2. The van der Waals surface area contributed by atoms with Crippen molar-refractivity contribution in [3.05, 3.63) is 12.7 Å². The number of hydrogen-bond acceptors (Lipinski definition) is 4. The minimum Gasteiger partial charge on any atom is -0.344 e. The van der Waals surface area contributed by atoms with Gasteiger partial charge in [0.2, 0.25) is 6.29 Å². The Hall–Kier alpha value is -1.00. The zero-order valence-electron chi connectivity index (χ0n) is 7.49. The van der Waals surface area contributed by atoms with Crippen molar-refractivity contribution < 1.29 is 19.1 Å². The molecule has 0 aromatic carbocycles. The number of ether oxygens (including phenoxy) is 2. The van der Waals surface area contributed by atoms with E-state index >= 15 is 0 Å². The molecule has 0 bridgehead atoms. The highest BCUT2D eigenvalue weighted by Crippen LogP contribution is 2.11. The smallest absolute Gasteiger partial charge is 0.218 e. The highest BCUT2D eigenvalue weighted by atomic mass is 16.7. The second kappa shape index (κ2) is 4.30. The van der Waals surface area contributed by atoms with Gasteiger partial charge < -0.3 is 9.47 Å². The molecule has 0 amide bonds. The standard InChI is InChI=1S/C9H12O4/c1-3-7(10)6(2)8(11)9-12-4-5-13-9/h3,6,9H,1,4-5H2,2H3. The third kappa shape index (κ3) is 2.23. The van der Waals surface area contributed by atoms with E-state index in [9.17, 15) is 9.59 Å². The molecule has 72 valence electrons. The summed E-state index contributed by atoms with van der Waals surface area (Å²) in [4.78, 5) is 22.5. The first-order valence-corrected chi connectivity index (χ1v) is 4.10. The minimum atomic E-state index is -0.862. The van der Waals surface area contributed by atoms with Crippen LogP contribution in [0, 0.1) is 5.92 Å². The Balaban J connectivity index is 2.55. The molecule has 1 heterocycles. The van der Waals surface area contributed by atoms with E-state index in [-0.39, 0.29) is 11.6 Å². The summed E-state index contributed by atoms with van der Waals surface area (Å²) in [6.45, 7) is 5.65. The lowest BCUT2D eigenvalue weighted by Crippen LogP contribution is -2.31. The molecule has 0 aromatic rings. The number of carbonyl (C=O) groups excluding carboxylic acids is 2. The largest absolute Gasteiger partial charge is 0.344 e. The average molecular weight is 184 g/mol. The second-order valence-corrected chi connectivity index (χ2v) is 2.80. The van der Waals surface area contributed by atoms with Crippen molar-refractivity contribution in [2.75, 3.05) is 13.2 Å². The Morgan fingerprint density at radius 1 is 1.46 bits per heavy atom. The molecule has 13 heavy (non-hydrogen) atoms. The van der Waals surface area contributed by atoms with Crippen molar-refractivity contribution >= 4 is 11.6 Å². The third-order valence-corrected chi connectivity index (χ3v) is 1.91. The van der Waals surface area contributed by atoms with E-state index in [4.69, 9.17) is 9.47 Å². The molecule has 1 atom stereocenters. The summed E-state index contributed by atoms with van der Waals surface area (Å²) >= 11 is 0. The van der Waals surface area contributed by atoms with Gasteiger partial charge in [0.05, 0.1) is 19.1 Å². The molecule has 0 aromatic heterocycles. The van der Waals surface area contributed by atoms with E-state index in [1.807, 2.05) is 0 Å². The molecule has 0 spiro atoms. The third-order valence-electron chi connectivity index (χ3n) is 1.91. The molecule has 4 nitrogen and oxygen atoms in total. The van der Waals surface area contributed by atoms with Crippen LogP contribution in [-0.2, 0) is 19.1 Å². The van der Waals surface area contributed by atoms with Gasteiger partial charge in [0.1, 0.15) is 0 Å². The van der Waals surface area contributed by atoms with Crippen LogP contribution in [0.1, 0.15) is 6.92 Å². The van der Waals surface area contributed by atoms with E-state index in [0.29, 0.717) is 13.2 Å². The van der Waals surface area contributed by atoms with Gasteiger partial charge in [-0.3, -0.25) is 9.59 Å². The van der Waals surface area contributed by atoms with Gasteiger partial charge in [0, 0.05) is 0 Å². The molecule has 0 saturated carbocycles. The second-order valence-electron chi connectivity index (χ2n) is 2.80. The molecule has 1 unspecified atom stereocenters. The van der Waals surface area contributed by atoms with Crippen LogP contribution >= 0.6 is 0 Å². The lowest BCUT2D eigenvalue weighted by molar-refractivity contribution is -0.150. The molecule has 4 heteroatoms. The lowest BCUT2D eigenvalue weighted by Gasteiger charge is -2.11. The highest BCUT2D eigenvalue weighted by Gasteiger charge is 2.31. The molecule has 1 fully saturated rings. The van der Waals surface area contributed by atoms with Gasteiger partial charge in [-0.05, 0) is 13.0 Å². The SMILES string of the molecule is C=CC(=O)C(C)C(=O)C1OCCO1. The van der Waals surface area contributed by atoms with Crippen molar-refractivity contribution in [2.24, 2.45) is 5.92 Å². The average Bonchev–Trinajstić information content (AvgIpc) is 2.67. The Morgan fingerprint density at radius 3 is 2.46 bits per heavy atom. The van der Waals surface area contributed by atoms with Crippen molar-refractivity contribution in [3.8, 4) is 0 Å². The molecule has 0 radical (unpaired) electrons. The van der Waals surface area contributed by atoms with Crippen LogP contribution in [0.5, 0.6) is 0 Å². The van der Waals surface area contributed by atoms with Crippen molar-refractivity contribution in [2.45, 2.75) is 13.2 Å². The fourth-order valence-corrected chi connectivity index (χ4v) is 1.04. The van der Waals surface area contributed by atoms with Gasteiger partial charge in [0.25, 0.3) is 0 Å². The molecular weight excluding hydrogens is 172 g/mol. The molecule has 1 rings (SSSR count). The number of allylic oxidation sites excluding steroid dienone is 1. The van der Waals surface area contributed by atoms with Crippen LogP contribution < -0.4 is 0 Å². The Morgan fingerprint density at radius 2 is 2.00 bits per heavy atom. The van der Waals surface area contributed by atoms with E-state index < -0.39 is 12.2 Å². The zero-order valence-corrected chi connectivity index (χ0v) is 7.49. The molecule has 1 saturated heterocycles. The van der Waals surface area contributed by atoms with Gasteiger partial charge in [-0.15, -0.1) is 0 Å². The Bertz CT molecular complexity index is 228. The number of Topliss-reactive ketones (excluding diaryl/α,β-unsaturated/α-hetero) is 1. The zero-order chi connectivity index (χ0) is 9.84. The van der Waals surface area contributed by atoms with Crippen LogP contribution in [0.4, 0.5) is 0 Å². The summed E-state index contributed by atoms with van der Waals surface area (Å²) < 4.78 is 9.94.